The Balaban J connectivity index is 1.96. The molecule has 3 rings (SSSR count). The zero-order chi connectivity index (χ0) is 14.9. The van der Waals surface area contributed by atoms with Crippen molar-refractivity contribution in [3.05, 3.63) is 35.6 Å². The van der Waals surface area contributed by atoms with Crippen LogP contribution in [-0.2, 0) is 11.2 Å². The second-order valence-electron chi connectivity index (χ2n) is 6.23. The fourth-order valence-corrected chi connectivity index (χ4v) is 3.46. The maximum atomic E-state index is 6.42. The fraction of sp³-hybridized carbons (Fsp3) is 0.556. The zero-order valence-electron chi connectivity index (χ0n) is 13.2. The highest BCUT2D eigenvalue weighted by Gasteiger charge is 2.35. The van der Waals surface area contributed by atoms with Gasteiger partial charge in [0, 0.05) is 24.0 Å². The number of hydrogen-bond acceptors (Lipinski definition) is 3. The minimum atomic E-state index is -0.0956. The molecule has 2 atom stereocenters. The summed E-state index contributed by atoms with van der Waals surface area (Å²) >= 11 is 0. The molecular formula is C18H25NO2. The van der Waals surface area contributed by atoms with Crippen LogP contribution in [0.3, 0.4) is 0 Å². The first-order valence-electron chi connectivity index (χ1n) is 8.05. The monoisotopic (exact) mass is 287 g/mol. The lowest BCUT2D eigenvalue weighted by Gasteiger charge is -2.38. The predicted octanol–water partition coefficient (Wildman–Crippen LogP) is 4.21. The first-order chi connectivity index (χ1) is 10.2. The summed E-state index contributed by atoms with van der Waals surface area (Å²) in [5, 5.41) is 4.74. The van der Waals surface area contributed by atoms with Crippen LogP contribution in [0, 0.1) is 0 Å². The first-order valence-corrected chi connectivity index (χ1v) is 8.05. The molecule has 0 spiro atoms. The minimum Gasteiger partial charge on any atom is -0.458 e. The van der Waals surface area contributed by atoms with Gasteiger partial charge in [-0.2, -0.15) is 0 Å². The van der Waals surface area contributed by atoms with Crippen LogP contribution in [0.15, 0.2) is 28.7 Å². The Morgan fingerprint density at radius 2 is 2.10 bits per heavy atom. The molecule has 0 saturated carbocycles. The largest absolute Gasteiger partial charge is 0.458 e. The molecule has 0 aliphatic carbocycles. The summed E-state index contributed by atoms with van der Waals surface area (Å²) in [4.78, 5) is 0. The molecule has 2 aromatic rings. The van der Waals surface area contributed by atoms with Crippen molar-refractivity contribution in [3.63, 3.8) is 0 Å². The molecule has 3 heteroatoms. The van der Waals surface area contributed by atoms with Crippen LogP contribution in [-0.4, -0.2) is 18.7 Å². The SMILES string of the molecule is CCCC1(C)CNCC(c2oc3ccccc3c2CC)O1. The summed E-state index contributed by atoms with van der Waals surface area (Å²) in [6, 6.07) is 8.28. The zero-order valence-corrected chi connectivity index (χ0v) is 13.2. The van der Waals surface area contributed by atoms with Crippen LogP contribution in [0.2, 0.25) is 0 Å². The molecule has 1 aliphatic heterocycles. The Morgan fingerprint density at radius 1 is 1.29 bits per heavy atom. The molecule has 0 radical (unpaired) electrons. The van der Waals surface area contributed by atoms with E-state index < -0.39 is 0 Å². The second-order valence-corrected chi connectivity index (χ2v) is 6.23. The van der Waals surface area contributed by atoms with Gasteiger partial charge in [0.2, 0.25) is 0 Å². The molecule has 1 aromatic heterocycles. The lowest BCUT2D eigenvalue weighted by atomic mass is 9.96. The molecule has 1 aliphatic rings. The van der Waals surface area contributed by atoms with Crippen molar-refractivity contribution < 1.29 is 9.15 Å². The van der Waals surface area contributed by atoms with Gasteiger partial charge in [-0.15, -0.1) is 0 Å². The summed E-state index contributed by atoms with van der Waals surface area (Å²) in [5.74, 6) is 1.01. The van der Waals surface area contributed by atoms with Crippen molar-refractivity contribution in [2.24, 2.45) is 0 Å². The lowest BCUT2D eigenvalue weighted by molar-refractivity contribution is -0.118. The van der Waals surface area contributed by atoms with Gasteiger partial charge in [0.1, 0.15) is 17.4 Å². The maximum Gasteiger partial charge on any atom is 0.138 e. The Hall–Kier alpha value is -1.32. The first kappa shape index (κ1) is 14.6. The third-order valence-corrected chi connectivity index (χ3v) is 4.41. The number of benzene rings is 1. The molecule has 21 heavy (non-hydrogen) atoms. The van der Waals surface area contributed by atoms with Gasteiger partial charge in [0.15, 0.2) is 0 Å². The van der Waals surface area contributed by atoms with Crippen molar-refractivity contribution >= 4 is 11.0 Å². The van der Waals surface area contributed by atoms with Crippen LogP contribution in [0.25, 0.3) is 11.0 Å². The number of fused-ring (bicyclic) bond motifs is 1. The van der Waals surface area contributed by atoms with Crippen molar-refractivity contribution in [1.82, 2.24) is 5.32 Å². The number of aryl methyl sites for hydroxylation is 1. The average molecular weight is 287 g/mol. The van der Waals surface area contributed by atoms with Gasteiger partial charge in [-0.05, 0) is 25.8 Å². The van der Waals surface area contributed by atoms with E-state index in [2.05, 4.69) is 38.2 Å². The van der Waals surface area contributed by atoms with E-state index >= 15 is 0 Å². The van der Waals surface area contributed by atoms with Gasteiger partial charge in [0.25, 0.3) is 0 Å². The molecule has 1 aromatic carbocycles. The molecule has 2 heterocycles. The third-order valence-electron chi connectivity index (χ3n) is 4.41. The van der Waals surface area contributed by atoms with Crippen LogP contribution in [0.4, 0.5) is 0 Å². The summed E-state index contributed by atoms with van der Waals surface area (Å²) in [6.45, 7) is 8.33. The van der Waals surface area contributed by atoms with E-state index in [4.69, 9.17) is 9.15 Å². The minimum absolute atomic E-state index is 0.0117. The van der Waals surface area contributed by atoms with Gasteiger partial charge in [-0.3, -0.25) is 0 Å². The number of para-hydroxylation sites is 1. The molecule has 1 fully saturated rings. The van der Waals surface area contributed by atoms with Gasteiger partial charge in [0.05, 0.1) is 5.60 Å². The van der Waals surface area contributed by atoms with Crippen molar-refractivity contribution in [2.45, 2.75) is 51.7 Å². The van der Waals surface area contributed by atoms with Gasteiger partial charge in [-0.1, -0.05) is 38.5 Å². The molecule has 1 saturated heterocycles. The van der Waals surface area contributed by atoms with E-state index in [0.717, 1.165) is 43.7 Å². The number of hydrogen-bond donors (Lipinski definition) is 1. The molecule has 3 nitrogen and oxygen atoms in total. The molecule has 0 amide bonds. The van der Waals surface area contributed by atoms with Crippen LogP contribution in [0.1, 0.15) is 51.0 Å². The molecule has 1 N–H and O–H groups in total. The summed E-state index contributed by atoms with van der Waals surface area (Å²) < 4.78 is 12.6. The topological polar surface area (TPSA) is 34.4 Å². The predicted molar refractivity (Wildman–Crippen MR) is 85.6 cm³/mol. The maximum absolute atomic E-state index is 6.42. The number of rotatable bonds is 4. The molecule has 114 valence electrons. The van der Waals surface area contributed by atoms with Crippen LogP contribution in [0.5, 0.6) is 0 Å². The van der Waals surface area contributed by atoms with Gasteiger partial charge < -0.3 is 14.5 Å². The molecule has 0 bridgehead atoms. The van der Waals surface area contributed by atoms with Gasteiger partial charge in [-0.25, -0.2) is 0 Å². The quantitative estimate of drug-likeness (QED) is 0.914. The van der Waals surface area contributed by atoms with E-state index in [1.54, 1.807) is 0 Å². The Labute approximate surface area is 126 Å². The van der Waals surface area contributed by atoms with E-state index in [1.807, 2.05) is 12.1 Å². The van der Waals surface area contributed by atoms with E-state index in [1.165, 1.54) is 10.9 Å². The van der Waals surface area contributed by atoms with Gasteiger partial charge >= 0.3 is 0 Å². The summed E-state index contributed by atoms with van der Waals surface area (Å²) in [7, 11) is 0. The van der Waals surface area contributed by atoms with E-state index in [-0.39, 0.29) is 11.7 Å². The highest BCUT2D eigenvalue weighted by atomic mass is 16.5. The number of morpholine rings is 1. The fourth-order valence-electron chi connectivity index (χ4n) is 3.46. The number of nitrogens with one attached hydrogen (secondary N) is 1. The van der Waals surface area contributed by atoms with Crippen LogP contribution < -0.4 is 5.32 Å². The Morgan fingerprint density at radius 3 is 2.86 bits per heavy atom. The number of furan rings is 1. The Bertz CT molecular complexity index is 615. The highest BCUT2D eigenvalue weighted by Crippen LogP contribution is 2.36. The average Bonchev–Trinajstić information content (AvgIpc) is 2.85. The highest BCUT2D eigenvalue weighted by molar-refractivity contribution is 5.82. The van der Waals surface area contributed by atoms with Crippen molar-refractivity contribution in [3.8, 4) is 0 Å². The van der Waals surface area contributed by atoms with E-state index in [0.29, 0.717) is 0 Å². The van der Waals surface area contributed by atoms with Crippen molar-refractivity contribution in [1.29, 1.82) is 0 Å². The molecular weight excluding hydrogens is 262 g/mol. The van der Waals surface area contributed by atoms with E-state index in [9.17, 15) is 0 Å². The summed E-state index contributed by atoms with van der Waals surface area (Å²) in [6.07, 6.45) is 3.18. The lowest BCUT2D eigenvalue weighted by Crippen LogP contribution is -2.48. The van der Waals surface area contributed by atoms with Crippen molar-refractivity contribution in [2.75, 3.05) is 13.1 Å². The second kappa shape index (κ2) is 5.82. The number of ether oxygens (including phenoxy) is 1. The summed E-state index contributed by atoms with van der Waals surface area (Å²) in [5.41, 5.74) is 2.16. The molecule has 2 unspecified atom stereocenters. The Kier molecular flexibility index (Phi) is 4.05. The normalized spacial score (nSPS) is 26.3. The standard InChI is InChI=1S/C18H25NO2/c1-4-10-18(3)12-19-11-16(21-18)17-13(5-2)14-8-6-7-9-15(14)20-17/h6-9,16,19H,4-5,10-12H2,1-3H3. The third kappa shape index (κ3) is 2.72. The smallest absolute Gasteiger partial charge is 0.138 e. The van der Waals surface area contributed by atoms with Crippen LogP contribution >= 0.6 is 0 Å².